The second kappa shape index (κ2) is 9.39. The Labute approximate surface area is 211 Å². The molecule has 0 aliphatic heterocycles. The quantitative estimate of drug-likeness (QED) is 0.370. The minimum Gasteiger partial charge on any atom is -0.496 e. The van der Waals surface area contributed by atoms with Crippen LogP contribution in [0.5, 0.6) is 11.5 Å². The number of nitrogens with zero attached hydrogens (tertiary/aromatic N) is 3. The van der Waals surface area contributed by atoms with E-state index < -0.39 is 5.91 Å². The molecule has 0 atom stereocenters. The first-order valence-corrected chi connectivity index (χ1v) is 11.6. The van der Waals surface area contributed by atoms with E-state index in [1.807, 2.05) is 48.5 Å². The van der Waals surface area contributed by atoms with Crippen molar-refractivity contribution in [2.45, 2.75) is 6.54 Å². The van der Waals surface area contributed by atoms with Gasteiger partial charge in [-0.25, -0.2) is 0 Å². The molecule has 5 aromatic rings. The molecule has 0 unspecified atom stereocenters. The van der Waals surface area contributed by atoms with E-state index in [1.165, 1.54) is 11.8 Å². The van der Waals surface area contributed by atoms with Crippen LogP contribution in [0.4, 0.5) is 0 Å². The summed E-state index contributed by atoms with van der Waals surface area (Å²) in [5.41, 5.74) is 2.17. The number of rotatable bonds is 6. The van der Waals surface area contributed by atoms with Gasteiger partial charge in [-0.1, -0.05) is 48.0 Å². The number of halogens is 1. The van der Waals surface area contributed by atoms with Gasteiger partial charge in [0.2, 0.25) is 0 Å². The molecule has 0 aliphatic carbocycles. The maximum absolute atomic E-state index is 13.7. The maximum Gasteiger partial charge on any atom is 0.296 e. The van der Waals surface area contributed by atoms with Gasteiger partial charge in [-0.2, -0.15) is 9.78 Å². The first-order valence-electron chi connectivity index (χ1n) is 11.2. The van der Waals surface area contributed by atoms with Crippen LogP contribution >= 0.6 is 11.6 Å². The van der Waals surface area contributed by atoms with Crippen molar-refractivity contribution in [2.75, 3.05) is 14.2 Å². The van der Waals surface area contributed by atoms with Crippen LogP contribution in [0.1, 0.15) is 16.1 Å². The van der Waals surface area contributed by atoms with Crippen molar-refractivity contribution in [1.82, 2.24) is 19.7 Å². The van der Waals surface area contributed by atoms with E-state index >= 15 is 0 Å². The van der Waals surface area contributed by atoms with E-state index in [9.17, 15) is 9.59 Å². The first-order chi connectivity index (χ1) is 17.4. The normalized spacial score (nSPS) is 11.1. The predicted octanol–water partition coefficient (Wildman–Crippen LogP) is 4.48. The number of hydrogen-bond donors (Lipinski definition) is 1. The van der Waals surface area contributed by atoms with Gasteiger partial charge in [-0.15, -0.1) is 0 Å². The highest BCUT2D eigenvalue weighted by Crippen LogP contribution is 2.30. The molecule has 2 aromatic heterocycles. The molecule has 36 heavy (non-hydrogen) atoms. The SMILES string of the molecule is COc1ccc(-n2nc(C(=O)NCc3ccccc3OC)c3c4ccccc4n(C)c3c2=O)cc1Cl. The van der Waals surface area contributed by atoms with Crippen molar-refractivity contribution in [3.05, 3.63) is 93.4 Å². The van der Waals surface area contributed by atoms with E-state index in [-0.39, 0.29) is 17.8 Å². The molecule has 2 heterocycles. The van der Waals surface area contributed by atoms with E-state index in [1.54, 1.807) is 36.9 Å². The molecule has 9 heteroatoms. The fraction of sp³-hybridized carbons (Fsp3) is 0.148. The zero-order valence-corrected chi connectivity index (χ0v) is 20.7. The van der Waals surface area contributed by atoms with E-state index in [0.29, 0.717) is 33.1 Å². The van der Waals surface area contributed by atoms with Gasteiger partial charge in [-0.3, -0.25) is 9.59 Å². The number of para-hydroxylation sites is 2. The Balaban J connectivity index is 1.70. The van der Waals surface area contributed by atoms with Crippen molar-refractivity contribution in [3.8, 4) is 17.2 Å². The summed E-state index contributed by atoms with van der Waals surface area (Å²) in [4.78, 5) is 27.2. The maximum atomic E-state index is 13.7. The Bertz CT molecular complexity index is 1690. The summed E-state index contributed by atoms with van der Waals surface area (Å²) < 4.78 is 13.6. The van der Waals surface area contributed by atoms with Crippen molar-refractivity contribution in [1.29, 1.82) is 0 Å². The molecular formula is C27H23ClN4O4. The molecule has 0 aliphatic rings. The fourth-order valence-electron chi connectivity index (χ4n) is 4.41. The molecule has 1 amide bonds. The van der Waals surface area contributed by atoms with Gasteiger partial charge >= 0.3 is 0 Å². The van der Waals surface area contributed by atoms with Gasteiger partial charge in [0.05, 0.1) is 24.9 Å². The molecule has 3 aromatic carbocycles. The molecular weight excluding hydrogens is 480 g/mol. The largest absolute Gasteiger partial charge is 0.496 e. The lowest BCUT2D eigenvalue weighted by Gasteiger charge is -2.13. The minimum absolute atomic E-state index is 0.128. The van der Waals surface area contributed by atoms with Crippen LogP contribution in [0, 0.1) is 0 Å². The molecule has 0 radical (unpaired) electrons. The number of benzene rings is 3. The van der Waals surface area contributed by atoms with Crippen LogP contribution in [-0.2, 0) is 13.6 Å². The van der Waals surface area contributed by atoms with E-state index in [2.05, 4.69) is 10.4 Å². The van der Waals surface area contributed by atoms with Gasteiger partial charge in [0, 0.05) is 35.4 Å². The summed E-state index contributed by atoms with van der Waals surface area (Å²) in [6, 6.07) is 19.9. The third-order valence-electron chi connectivity index (χ3n) is 6.17. The number of fused-ring (bicyclic) bond motifs is 3. The highest BCUT2D eigenvalue weighted by atomic mass is 35.5. The summed E-state index contributed by atoms with van der Waals surface area (Å²) >= 11 is 6.33. The molecule has 0 spiro atoms. The highest BCUT2D eigenvalue weighted by Gasteiger charge is 2.24. The fourth-order valence-corrected chi connectivity index (χ4v) is 4.66. The van der Waals surface area contributed by atoms with E-state index in [0.717, 1.165) is 16.5 Å². The number of amides is 1. The summed E-state index contributed by atoms with van der Waals surface area (Å²) in [7, 11) is 4.89. The number of ether oxygens (including phenoxy) is 2. The molecule has 1 N–H and O–H groups in total. The number of nitrogens with one attached hydrogen (secondary N) is 1. The Hall–Kier alpha value is -4.30. The zero-order chi connectivity index (χ0) is 25.4. The smallest absolute Gasteiger partial charge is 0.296 e. The first kappa shape index (κ1) is 23.4. The number of aromatic nitrogens is 3. The van der Waals surface area contributed by atoms with Crippen molar-refractivity contribution >= 4 is 39.3 Å². The van der Waals surface area contributed by atoms with Gasteiger partial charge in [-0.05, 0) is 30.3 Å². The van der Waals surface area contributed by atoms with Crippen LogP contribution in [-0.4, -0.2) is 34.5 Å². The van der Waals surface area contributed by atoms with Crippen LogP contribution < -0.4 is 20.3 Å². The van der Waals surface area contributed by atoms with Gasteiger partial charge in [0.15, 0.2) is 5.69 Å². The van der Waals surface area contributed by atoms with Crippen molar-refractivity contribution < 1.29 is 14.3 Å². The van der Waals surface area contributed by atoms with Crippen molar-refractivity contribution in [3.63, 3.8) is 0 Å². The number of methoxy groups -OCH3 is 2. The molecule has 0 fully saturated rings. The Kier molecular flexibility index (Phi) is 6.12. The molecule has 5 rings (SSSR count). The lowest BCUT2D eigenvalue weighted by Crippen LogP contribution is -2.30. The Morgan fingerprint density at radius 2 is 1.72 bits per heavy atom. The summed E-state index contributed by atoms with van der Waals surface area (Å²) in [5.74, 6) is 0.712. The number of hydrogen-bond acceptors (Lipinski definition) is 5. The second-order valence-corrected chi connectivity index (χ2v) is 8.59. The van der Waals surface area contributed by atoms with Gasteiger partial charge < -0.3 is 19.4 Å². The highest BCUT2D eigenvalue weighted by molar-refractivity contribution is 6.32. The molecule has 0 saturated heterocycles. The van der Waals surface area contributed by atoms with Crippen molar-refractivity contribution in [2.24, 2.45) is 7.05 Å². The van der Waals surface area contributed by atoms with E-state index in [4.69, 9.17) is 21.1 Å². The van der Waals surface area contributed by atoms with Crippen LogP contribution in [0.15, 0.2) is 71.5 Å². The number of aryl methyl sites for hydroxylation is 1. The topological polar surface area (TPSA) is 87.4 Å². The third kappa shape index (κ3) is 3.85. The predicted molar refractivity (Wildman–Crippen MR) is 140 cm³/mol. The summed E-state index contributed by atoms with van der Waals surface area (Å²) in [5, 5.41) is 9.05. The van der Waals surface area contributed by atoms with Crippen LogP contribution in [0.3, 0.4) is 0 Å². The monoisotopic (exact) mass is 502 g/mol. The lowest BCUT2D eigenvalue weighted by molar-refractivity contribution is 0.0946. The number of carbonyl (C=O) groups excluding carboxylic acids is 1. The lowest BCUT2D eigenvalue weighted by atomic mass is 10.1. The average Bonchev–Trinajstić information content (AvgIpc) is 3.20. The van der Waals surface area contributed by atoms with Gasteiger partial charge in [0.25, 0.3) is 11.5 Å². The number of carbonyl (C=O) groups is 1. The molecule has 182 valence electrons. The third-order valence-corrected chi connectivity index (χ3v) is 6.46. The molecule has 0 saturated carbocycles. The Morgan fingerprint density at radius 1 is 1.00 bits per heavy atom. The standard InChI is InChI=1S/C27H23ClN4O4/c1-31-20-10-6-5-9-18(20)23-24(26(33)29-15-16-8-4-7-11-21(16)35-2)30-32(27(34)25(23)31)17-12-13-22(36-3)19(28)14-17/h4-14H,15H2,1-3H3,(H,29,33). The molecule has 8 nitrogen and oxygen atoms in total. The zero-order valence-electron chi connectivity index (χ0n) is 19.9. The van der Waals surface area contributed by atoms with Crippen LogP contribution in [0.25, 0.3) is 27.5 Å². The van der Waals surface area contributed by atoms with Crippen LogP contribution in [0.2, 0.25) is 5.02 Å². The average molecular weight is 503 g/mol. The summed E-state index contributed by atoms with van der Waals surface area (Å²) in [6.07, 6.45) is 0. The second-order valence-electron chi connectivity index (χ2n) is 8.18. The Morgan fingerprint density at radius 3 is 2.47 bits per heavy atom. The molecule has 0 bridgehead atoms. The van der Waals surface area contributed by atoms with Gasteiger partial charge in [0.1, 0.15) is 17.0 Å². The summed E-state index contributed by atoms with van der Waals surface area (Å²) in [6.45, 7) is 0.226. The minimum atomic E-state index is -0.421.